The summed E-state index contributed by atoms with van der Waals surface area (Å²) >= 11 is 0.913. The molecule has 2 rings (SSSR count). The largest absolute Gasteiger partial charge is 0.478 e. The second-order valence-corrected chi connectivity index (χ2v) is 5.16. The van der Waals surface area contributed by atoms with Gasteiger partial charge in [-0.25, -0.2) is 4.79 Å². The molecule has 0 spiro atoms. The number of nitrogens with two attached hydrogens (primary N) is 1. The third-order valence-electron chi connectivity index (χ3n) is 2.83. The molecule has 9 heteroatoms. The zero-order valence-corrected chi connectivity index (χ0v) is 10.3. The molecule has 1 amide bonds. The molecule has 1 aliphatic rings. The molecule has 19 heavy (non-hydrogen) atoms. The SMILES string of the molecule is Nc1sc2c(c1C(=O)O)CCN(C(=O)C(F)(F)F)C2. The van der Waals surface area contributed by atoms with Crippen LogP contribution in [0.15, 0.2) is 0 Å². The van der Waals surface area contributed by atoms with Crippen molar-refractivity contribution in [3.05, 3.63) is 16.0 Å². The van der Waals surface area contributed by atoms with Crippen LogP contribution in [-0.2, 0) is 17.8 Å². The number of carboxylic acids is 1. The van der Waals surface area contributed by atoms with Crippen LogP contribution in [0.4, 0.5) is 18.2 Å². The molecular formula is C10H9F3N2O3S. The van der Waals surface area contributed by atoms with Gasteiger partial charge in [-0.2, -0.15) is 13.2 Å². The van der Waals surface area contributed by atoms with E-state index >= 15 is 0 Å². The summed E-state index contributed by atoms with van der Waals surface area (Å²) in [6.07, 6.45) is -4.86. The summed E-state index contributed by atoms with van der Waals surface area (Å²) in [5.74, 6) is -3.12. The fourth-order valence-electron chi connectivity index (χ4n) is 2.01. The van der Waals surface area contributed by atoms with Gasteiger partial charge in [0, 0.05) is 11.4 Å². The van der Waals surface area contributed by atoms with Crippen molar-refractivity contribution in [1.29, 1.82) is 0 Å². The van der Waals surface area contributed by atoms with Gasteiger partial charge in [0.1, 0.15) is 5.00 Å². The molecule has 0 saturated heterocycles. The Balaban J connectivity index is 2.29. The van der Waals surface area contributed by atoms with E-state index in [1.807, 2.05) is 0 Å². The van der Waals surface area contributed by atoms with Crippen molar-refractivity contribution in [3.63, 3.8) is 0 Å². The Hall–Kier alpha value is -1.77. The number of hydrogen-bond acceptors (Lipinski definition) is 4. The molecule has 0 radical (unpaired) electrons. The van der Waals surface area contributed by atoms with Gasteiger partial charge in [0.05, 0.1) is 12.1 Å². The van der Waals surface area contributed by atoms with Crippen LogP contribution in [0.5, 0.6) is 0 Å². The van der Waals surface area contributed by atoms with Crippen molar-refractivity contribution >= 4 is 28.2 Å². The number of aromatic carboxylic acids is 1. The van der Waals surface area contributed by atoms with Crippen LogP contribution in [0.3, 0.4) is 0 Å². The molecule has 0 fully saturated rings. The van der Waals surface area contributed by atoms with Gasteiger partial charge >= 0.3 is 18.1 Å². The zero-order valence-electron chi connectivity index (χ0n) is 9.45. The summed E-state index contributed by atoms with van der Waals surface area (Å²) in [6.45, 7) is -0.419. The minimum Gasteiger partial charge on any atom is -0.478 e. The van der Waals surface area contributed by atoms with E-state index in [-0.39, 0.29) is 30.1 Å². The first-order valence-electron chi connectivity index (χ1n) is 5.21. The van der Waals surface area contributed by atoms with Gasteiger partial charge in [0.2, 0.25) is 0 Å². The molecule has 3 N–H and O–H groups in total. The van der Waals surface area contributed by atoms with Crippen LogP contribution in [0, 0.1) is 0 Å². The summed E-state index contributed by atoms with van der Waals surface area (Å²) in [7, 11) is 0. The van der Waals surface area contributed by atoms with E-state index in [4.69, 9.17) is 10.8 Å². The summed E-state index contributed by atoms with van der Waals surface area (Å²) in [4.78, 5) is 23.2. The van der Waals surface area contributed by atoms with Crippen LogP contribution < -0.4 is 5.73 Å². The number of thiophene rings is 1. The second kappa shape index (κ2) is 4.41. The highest BCUT2D eigenvalue weighted by molar-refractivity contribution is 7.16. The maximum atomic E-state index is 12.3. The van der Waals surface area contributed by atoms with E-state index in [2.05, 4.69) is 0 Å². The third kappa shape index (κ3) is 2.37. The van der Waals surface area contributed by atoms with E-state index in [0.29, 0.717) is 15.3 Å². The maximum Gasteiger partial charge on any atom is 0.471 e. The van der Waals surface area contributed by atoms with Crippen LogP contribution in [0.1, 0.15) is 20.8 Å². The van der Waals surface area contributed by atoms with Gasteiger partial charge in [-0.05, 0) is 12.0 Å². The molecule has 5 nitrogen and oxygen atoms in total. The van der Waals surface area contributed by atoms with Gasteiger partial charge < -0.3 is 15.7 Å². The Bertz CT molecular complexity index is 553. The number of carbonyl (C=O) groups excluding carboxylic acids is 1. The van der Waals surface area contributed by atoms with Crippen LogP contribution in [0.25, 0.3) is 0 Å². The van der Waals surface area contributed by atoms with Crippen molar-refractivity contribution in [1.82, 2.24) is 4.90 Å². The fourth-order valence-corrected chi connectivity index (χ4v) is 3.14. The van der Waals surface area contributed by atoms with E-state index in [1.165, 1.54) is 0 Å². The molecular weight excluding hydrogens is 285 g/mol. The molecule has 0 unspecified atom stereocenters. The van der Waals surface area contributed by atoms with Gasteiger partial charge in [-0.15, -0.1) is 11.3 Å². The number of anilines is 1. The monoisotopic (exact) mass is 294 g/mol. The highest BCUT2D eigenvalue weighted by atomic mass is 32.1. The summed E-state index contributed by atoms with van der Waals surface area (Å²) in [5, 5.41) is 9.04. The Kier molecular flexibility index (Phi) is 3.17. The number of rotatable bonds is 1. The van der Waals surface area contributed by atoms with Crippen molar-refractivity contribution < 1.29 is 27.9 Å². The molecule has 1 aromatic heterocycles. The molecule has 0 saturated carbocycles. The van der Waals surface area contributed by atoms with Crippen molar-refractivity contribution in [2.24, 2.45) is 0 Å². The number of fused-ring (bicyclic) bond motifs is 1. The lowest BCUT2D eigenvalue weighted by atomic mass is 10.0. The number of amides is 1. The molecule has 0 bridgehead atoms. The lowest BCUT2D eigenvalue weighted by Gasteiger charge is -2.27. The maximum absolute atomic E-state index is 12.3. The Morgan fingerprint density at radius 1 is 1.37 bits per heavy atom. The molecule has 0 atom stereocenters. The van der Waals surface area contributed by atoms with Crippen molar-refractivity contribution in [2.45, 2.75) is 19.1 Å². The Morgan fingerprint density at radius 3 is 2.53 bits per heavy atom. The number of carbonyl (C=O) groups is 2. The first kappa shape index (κ1) is 13.7. The van der Waals surface area contributed by atoms with E-state index in [0.717, 1.165) is 11.3 Å². The van der Waals surface area contributed by atoms with Crippen molar-refractivity contribution in [2.75, 3.05) is 12.3 Å². The first-order valence-corrected chi connectivity index (χ1v) is 6.03. The number of alkyl halides is 3. The Labute approximate surface area is 109 Å². The van der Waals surface area contributed by atoms with Gasteiger partial charge in [0.15, 0.2) is 0 Å². The fraction of sp³-hybridized carbons (Fsp3) is 0.400. The minimum absolute atomic E-state index is 0.0545. The topological polar surface area (TPSA) is 83.6 Å². The lowest BCUT2D eigenvalue weighted by molar-refractivity contribution is -0.186. The van der Waals surface area contributed by atoms with E-state index in [9.17, 15) is 22.8 Å². The summed E-state index contributed by atoms with van der Waals surface area (Å²) in [6, 6.07) is 0. The van der Waals surface area contributed by atoms with E-state index < -0.39 is 18.1 Å². The quantitative estimate of drug-likeness (QED) is 0.821. The normalized spacial score (nSPS) is 15.2. The van der Waals surface area contributed by atoms with Crippen LogP contribution in [0.2, 0.25) is 0 Å². The number of nitrogen functional groups attached to an aromatic ring is 1. The van der Waals surface area contributed by atoms with E-state index in [1.54, 1.807) is 0 Å². The molecule has 1 aromatic rings. The molecule has 0 aromatic carbocycles. The highest BCUT2D eigenvalue weighted by Crippen LogP contribution is 2.36. The average molecular weight is 294 g/mol. The lowest BCUT2D eigenvalue weighted by Crippen LogP contribution is -2.43. The smallest absolute Gasteiger partial charge is 0.471 e. The van der Waals surface area contributed by atoms with Gasteiger partial charge in [-0.1, -0.05) is 0 Å². The predicted octanol–water partition coefficient (Wildman–Crippen LogP) is 1.48. The number of carboxylic acid groups (broad SMARTS) is 1. The molecule has 0 aliphatic carbocycles. The second-order valence-electron chi connectivity index (χ2n) is 4.02. The Morgan fingerprint density at radius 2 is 2.00 bits per heavy atom. The average Bonchev–Trinajstić information content (AvgIpc) is 2.61. The first-order chi connectivity index (χ1) is 8.71. The predicted molar refractivity (Wildman–Crippen MR) is 60.9 cm³/mol. The third-order valence-corrected chi connectivity index (χ3v) is 3.87. The summed E-state index contributed by atoms with van der Waals surface area (Å²) < 4.78 is 36.9. The number of halogens is 3. The summed E-state index contributed by atoms with van der Waals surface area (Å²) in [5.41, 5.74) is 5.92. The van der Waals surface area contributed by atoms with Gasteiger partial charge in [0.25, 0.3) is 0 Å². The highest BCUT2D eigenvalue weighted by Gasteiger charge is 2.43. The number of hydrogen-bond donors (Lipinski definition) is 2. The van der Waals surface area contributed by atoms with Crippen LogP contribution >= 0.6 is 11.3 Å². The molecule has 2 heterocycles. The molecule has 1 aliphatic heterocycles. The zero-order chi connectivity index (χ0) is 14.4. The minimum atomic E-state index is -4.92. The van der Waals surface area contributed by atoms with Gasteiger partial charge in [-0.3, -0.25) is 4.79 Å². The molecule has 104 valence electrons. The standard InChI is InChI=1S/C10H9F3N2O3S/c11-10(12,13)9(18)15-2-1-4-5(3-15)19-7(14)6(4)8(16)17/h1-3,14H2,(H,16,17). The number of nitrogens with zero attached hydrogens (tertiary/aromatic N) is 1. The van der Waals surface area contributed by atoms with Crippen molar-refractivity contribution in [3.8, 4) is 0 Å². The van der Waals surface area contributed by atoms with Crippen LogP contribution in [-0.4, -0.2) is 34.6 Å².